The molecule has 2 aliphatic heterocycles. The zero-order chi connectivity index (χ0) is 26.1. The lowest BCUT2D eigenvalue weighted by Gasteiger charge is -2.12. The Labute approximate surface area is 212 Å². The molecule has 13 heteroatoms. The minimum atomic E-state index is -0.637. The number of methoxy groups -OCH3 is 1. The highest BCUT2D eigenvalue weighted by Crippen LogP contribution is 2.37. The zero-order valence-electron chi connectivity index (χ0n) is 19.1. The molecule has 2 aromatic carbocycles. The summed E-state index contributed by atoms with van der Waals surface area (Å²) < 4.78 is 21.5. The first-order chi connectivity index (χ1) is 17.8. The molecule has 2 aliphatic rings. The van der Waals surface area contributed by atoms with Gasteiger partial charge in [-0.3, -0.25) is 29.4 Å². The fourth-order valence-corrected chi connectivity index (χ4v) is 4.47. The number of carbonyl (C=O) groups is 3. The van der Waals surface area contributed by atoms with Gasteiger partial charge in [-0.05, 0) is 42.1 Å². The predicted octanol–water partition coefficient (Wildman–Crippen LogP) is 4.27. The maximum absolute atomic E-state index is 12.8. The van der Waals surface area contributed by atoms with Crippen molar-refractivity contribution in [3.63, 3.8) is 0 Å². The number of rotatable bonds is 7. The van der Waals surface area contributed by atoms with Crippen molar-refractivity contribution in [2.75, 3.05) is 25.8 Å². The largest absolute Gasteiger partial charge is 0.496 e. The molecule has 3 heterocycles. The second-order valence-electron chi connectivity index (χ2n) is 7.73. The molecule has 0 saturated carbocycles. The van der Waals surface area contributed by atoms with Crippen LogP contribution in [0, 0.1) is 10.1 Å². The van der Waals surface area contributed by atoms with Crippen LogP contribution < -0.4 is 19.5 Å². The van der Waals surface area contributed by atoms with Gasteiger partial charge in [0.1, 0.15) is 23.8 Å². The van der Waals surface area contributed by atoms with E-state index >= 15 is 0 Å². The van der Waals surface area contributed by atoms with E-state index in [1.54, 1.807) is 30.3 Å². The van der Waals surface area contributed by atoms with Crippen molar-refractivity contribution in [2.24, 2.45) is 0 Å². The van der Waals surface area contributed by atoms with Crippen LogP contribution in [0.25, 0.3) is 17.4 Å². The van der Waals surface area contributed by atoms with E-state index in [2.05, 4.69) is 5.32 Å². The first-order valence-corrected chi connectivity index (χ1v) is 11.5. The van der Waals surface area contributed by atoms with Crippen LogP contribution in [0.1, 0.15) is 5.76 Å². The molecule has 188 valence electrons. The third-order valence-corrected chi connectivity index (χ3v) is 6.30. The number of nitro benzene ring substituents is 1. The molecular weight excluding hydrogens is 506 g/mol. The average Bonchev–Trinajstić information content (AvgIpc) is 3.60. The molecule has 37 heavy (non-hydrogen) atoms. The molecule has 1 aromatic heterocycles. The number of imide groups is 1. The summed E-state index contributed by atoms with van der Waals surface area (Å²) in [6, 6.07) is 12.1. The summed E-state index contributed by atoms with van der Waals surface area (Å²) >= 11 is 0.681. The van der Waals surface area contributed by atoms with Crippen molar-refractivity contribution in [3.05, 3.63) is 69.3 Å². The molecule has 0 radical (unpaired) electrons. The monoisotopic (exact) mass is 523 g/mol. The van der Waals surface area contributed by atoms with Crippen LogP contribution in [0.15, 0.2) is 57.9 Å². The predicted molar refractivity (Wildman–Crippen MR) is 131 cm³/mol. The van der Waals surface area contributed by atoms with Crippen LogP contribution in [-0.2, 0) is 9.59 Å². The van der Waals surface area contributed by atoms with Crippen molar-refractivity contribution in [3.8, 4) is 28.6 Å². The number of hydrogen-bond acceptors (Lipinski definition) is 10. The molecular formula is C24H17N3O9S. The molecule has 0 atom stereocenters. The molecule has 12 nitrogen and oxygen atoms in total. The number of thioether (sulfide) groups is 1. The third kappa shape index (κ3) is 4.84. The van der Waals surface area contributed by atoms with E-state index in [1.807, 2.05) is 0 Å². The van der Waals surface area contributed by atoms with Gasteiger partial charge in [-0.2, -0.15) is 0 Å². The lowest BCUT2D eigenvalue weighted by molar-refractivity contribution is -0.384. The van der Waals surface area contributed by atoms with Gasteiger partial charge >= 0.3 is 0 Å². The van der Waals surface area contributed by atoms with Crippen LogP contribution in [-0.4, -0.2) is 47.3 Å². The molecule has 3 amide bonds. The van der Waals surface area contributed by atoms with Crippen LogP contribution in [0.5, 0.6) is 17.2 Å². The zero-order valence-corrected chi connectivity index (χ0v) is 19.9. The lowest BCUT2D eigenvalue weighted by Crippen LogP contribution is -2.36. The van der Waals surface area contributed by atoms with E-state index in [-0.39, 0.29) is 28.9 Å². The number of fused-ring (bicyclic) bond motifs is 1. The van der Waals surface area contributed by atoms with Gasteiger partial charge in [0, 0.05) is 23.9 Å². The van der Waals surface area contributed by atoms with E-state index < -0.39 is 28.5 Å². The fraction of sp³-hybridized carbons (Fsp3) is 0.125. The minimum Gasteiger partial charge on any atom is -0.496 e. The maximum atomic E-state index is 12.8. The number of hydrogen-bond donors (Lipinski definition) is 1. The first kappa shape index (κ1) is 23.9. The standard InChI is InChI=1S/C24H17N3O9S/c1-33-19-9-14(27(31)32)3-5-16(19)17-7-4-15(36-17)10-21-23(29)26(24(30)37-21)11-22(28)25-13-2-6-18-20(8-13)35-12-34-18/h2-10H,11-12H2,1H3,(H,25,28)/b21-10+. The molecule has 5 rings (SSSR count). The number of nitrogens with zero attached hydrogens (tertiary/aromatic N) is 2. The van der Waals surface area contributed by atoms with Gasteiger partial charge in [0.15, 0.2) is 11.5 Å². The Morgan fingerprint density at radius 3 is 2.76 bits per heavy atom. The second-order valence-corrected chi connectivity index (χ2v) is 8.72. The van der Waals surface area contributed by atoms with Gasteiger partial charge in [-0.1, -0.05) is 0 Å². The maximum Gasteiger partial charge on any atom is 0.294 e. The second kappa shape index (κ2) is 9.70. The number of furan rings is 1. The Balaban J connectivity index is 1.28. The van der Waals surface area contributed by atoms with Crippen molar-refractivity contribution in [1.82, 2.24) is 4.90 Å². The Morgan fingerprint density at radius 2 is 1.97 bits per heavy atom. The van der Waals surface area contributed by atoms with Crippen molar-refractivity contribution >= 4 is 46.3 Å². The topological polar surface area (TPSA) is 150 Å². The van der Waals surface area contributed by atoms with E-state index in [0.29, 0.717) is 40.3 Å². The summed E-state index contributed by atoms with van der Waals surface area (Å²) in [4.78, 5) is 49.1. The first-order valence-electron chi connectivity index (χ1n) is 10.7. The highest BCUT2D eigenvalue weighted by Gasteiger charge is 2.36. The summed E-state index contributed by atoms with van der Waals surface area (Å²) in [5.41, 5.74) is 0.770. The molecule has 0 unspecified atom stereocenters. The van der Waals surface area contributed by atoms with Crippen LogP contribution in [0.2, 0.25) is 0 Å². The molecule has 0 spiro atoms. The number of amides is 3. The smallest absolute Gasteiger partial charge is 0.294 e. The number of carbonyl (C=O) groups excluding carboxylic acids is 3. The van der Waals surface area contributed by atoms with Crippen molar-refractivity contribution in [1.29, 1.82) is 0 Å². The fourth-order valence-electron chi connectivity index (χ4n) is 3.66. The van der Waals surface area contributed by atoms with Crippen LogP contribution in [0.3, 0.4) is 0 Å². The Bertz CT molecular complexity index is 1480. The lowest BCUT2D eigenvalue weighted by atomic mass is 10.1. The number of nitrogens with one attached hydrogen (secondary N) is 1. The third-order valence-electron chi connectivity index (χ3n) is 5.39. The van der Waals surface area contributed by atoms with Gasteiger partial charge in [-0.15, -0.1) is 0 Å². The van der Waals surface area contributed by atoms with Gasteiger partial charge in [0.05, 0.1) is 28.6 Å². The van der Waals surface area contributed by atoms with Crippen LogP contribution in [0.4, 0.5) is 16.2 Å². The average molecular weight is 523 g/mol. The quantitative estimate of drug-likeness (QED) is 0.270. The number of ether oxygens (including phenoxy) is 3. The van der Waals surface area contributed by atoms with E-state index in [9.17, 15) is 24.5 Å². The molecule has 1 fully saturated rings. The molecule has 1 saturated heterocycles. The van der Waals surface area contributed by atoms with Gasteiger partial charge in [0.25, 0.3) is 16.8 Å². The number of nitro groups is 1. The summed E-state index contributed by atoms with van der Waals surface area (Å²) in [5.74, 6) is 0.697. The SMILES string of the molecule is COc1cc([N+](=O)[O-])ccc1-c1ccc(/C=C2/SC(=O)N(CC(=O)Nc3ccc4c(c3)OCO4)C2=O)o1. The summed E-state index contributed by atoms with van der Waals surface area (Å²) in [6.45, 7) is -0.381. The number of benzene rings is 2. The summed E-state index contributed by atoms with van der Waals surface area (Å²) in [6.07, 6.45) is 1.39. The van der Waals surface area contributed by atoms with Gasteiger partial charge < -0.3 is 23.9 Å². The Kier molecular flexibility index (Phi) is 6.27. The van der Waals surface area contributed by atoms with E-state index in [4.69, 9.17) is 18.6 Å². The molecule has 3 aromatic rings. The number of non-ortho nitro benzene ring substituents is 1. The Morgan fingerprint density at radius 1 is 1.16 bits per heavy atom. The number of anilines is 1. The van der Waals surface area contributed by atoms with Crippen molar-refractivity contribution in [2.45, 2.75) is 0 Å². The molecule has 0 aliphatic carbocycles. The van der Waals surface area contributed by atoms with Crippen molar-refractivity contribution < 1.29 is 37.9 Å². The Hall–Kier alpha value is -4.78. The van der Waals surface area contributed by atoms with E-state index in [1.165, 1.54) is 31.4 Å². The highest BCUT2D eigenvalue weighted by molar-refractivity contribution is 8.18. The normalized spacial score (nSPS) is 15.4. The van der Waals surface area contributed by atoms with Gasteiger partial charge in [0.2, 0.25) is 12.7 Å². The van der Waals surface area contributed by atoms with Gasteiger partial charge in [-0.25, -0.2) is 0 Å². The summed E-state index contributed by atoms with van der Waals surface area (Å²) in [5, 5.41) is 13.0. The molecule has 0 bridgehead atoms. The summed E-state index contributed by atoms with van der Waals surface area (Å²) in [7, 11) is 1.38. The van der Waals surface area contributed by atoms with E-state index in [0.717, 1.165) is 4.90 Å². The molecule has 1 N–H and O–H groups in total. The van der Waals surface area contributed by atoms with Crippen LogP contribution >= 0.6 is 11.8 Å². The highest BCUT2D eigenvalue weighted by atomic mass is 32.2. The minimum absolute atomic E-state index is 0.0810.